The van der Waals surface area contributed by atoms with Crippen LogP contribution in [-0.2, 0) is 4.79 Å². The Bertz CT molecular complexity index is 385. The monoisotopic (exact) mass is 253 g/mol. The zero-order chi connectivity index (χ0) is 12.3. The summed E-state index contributed by atoms with van der Waals surface area (Å²) in [6, 6.07) is 0. The summed E-state index contributed by atoms with van der Waals surface area (Å²) in [4.78, 5) is 18.6. The lowest BCUT2D eigenvalue weighted by molar-refractivity contribution is -0.123. The lowest BCUT2D eigenvalue weighted by Gasteiger charge is -2.27. The molecule has 2 rings (SSSR count). The number of carbonyl (C=O) groups is 1. The van der Waals surface area contributed by atoms with Gasteiger partial charge in [0.05, 0.1) is 5.69 Å². The zero-order valence-electron chi connectivity index (χ0n) is 10.4. The van der Waals surface area contributed by atoms with Crippen LogP contribution in [0.25, 0.3) is 0 Å². The fourth-order valence-corrected chi connectivity index (χ4v) is 3.01. The number of aromatic nitrogens is 1. The first kappa shape index (κ1) is 12.5. The second-order valence-corrected chi connectivity index (χ2v) is 5.21. The summed E-state index contributed by atoms with van der Waals surface area (Å²) >= 11 is 1.55. The Labute approximate surface area is 106 Å². The number of carbonyl (C=O) groups excluding carboxylic acids is 1. The molecule has 1 aliphatic heterocycles. The molecule has 1 saturated heterocycles. The largest absolute Gasteiger partial charge is 0.317 e. The lowest BCUT2D eigenvalue weighted by atomic mass is 9.97. The SMILES string of the molecule is CCN(C(=O)C1CCNCC1)c1nc(C)cs1. The molecule has 0 unspecified atom stereocenters. The van der Waals surface area contributed by atoms with Crippen LogP contribution in [0.4, 0.5) is 5.13 Å². The molecule has 0 aromatic carbocycles. The molecule has 94 valence electrons. The standard InChI is InChI=1S/C12H19N3OS/c1-3-15(12-14-9(2)8-17-12)11(16)10-4-6-13-7-5-10/h8,10,13H,3-7H2,1-2H3. The first-order valence-corrected chi connectivity index (χ1v) is 7.04. The number of amides is 1. The molecule has 5 heteroatoms. The molecule has 0 bridgehead atoms. The molecule has 0 radical (unpaired) electrons. The summed E-state index contributed by atoms with van der Waals surface area (Å²) in [6.45, 7) is 6.57. The van der Waals surface area contributed by atoms with Crippen molar-refractivity contribution >= 4 is 22.4 Å². The molecule has 1 amide bonds. The van der Waals surface area contributed by atoms with Crippen LogP contribution in [0.1, 0.15) is 25.5 Å². The Balaban J connectivity index is 2.09. The van der Waals surface area contributed by atoms with Crippen molar-refractivity contribution in [3.8, 4) is 0 Å². The van der Waals surface area contributed by atoms with Gasteiger partial charge in [-0.1, -0.05) is 0 Å². The van der Waals surface area contributed by atoms with Crippen LogP contribution in [0.2, 0.25) is 0 Å². The summed E-state index contributed by atoms with van der Waals surface area (Å²) in [5.74, 6) is 0.406. The Morgan fingerprint density at radius 2 is 2.29 bits per heavy atom. The van der Waals surface area contributed by atoms with Gasteiger partial charge in [-0.3, -0.25) is 9.69 Å². The fourth-order valence-electron chi connectivity index (χ4n) is 2.14. The van der Waals surface area contributed by atoms with Gasteiger partial charge in [-0.2, -0.15) is 0 Å². The number of hydrogen-bond acceptors (Lipinski definition) is 4. The van der Waals surface area contributed by atoms with E-state index in [0.29, 0.717) is 6.54 Å². The molecule has 2 heterocycles. The molecule has 0 saturated carbocycles. The maximum Gasteiger partial charge on any atom is 0.231 e. The molecule has 1 N–H and O–H groups in total. The first-order valence-electron chi connectivity index (χ1n) is 6.16. The quantitative estimate of drug-likeness (QED) is 0.893. The van der Waals surface area contributed by atoms with E-state index in [0.717, 1.165) is 36.8 Å². The van der Waals surface area contributed by atoms with Crippen LogP contribution in [0.15, 0.2) is 5.38 Å². The first-order chi connectivity index (χ1) is 8.22. The van der Waals surface area contributed by atoms with E-state index in [4.69, 9.17) is 0 Å². The molecule has 1 aromatic rings. The van der Waals surface area contributed by atoms with E-state index in [1.807, 2.05) is 24.1 Å². The highest BCUT2D eigenvalue weighted by Gasteiger charge is 2.27. The predicted octanol–water partition coefficient (Wildman–Crippen LogP) is 1.80. The van der Waals surface area contributed by atoms with Gasteiger partial charge in [0.2, 0.25) is 5.91 Å². The number of rotatable bonds is 3. The van der Waals surface area contributed by atoms with Gasteiger partial charge in [0.25, 0.3) is 0 Å². The number of piperidine rings is 1. The fraction of sp³-hybridized carbons (Fsp3) is 0.667. The van der Waals surface area contributed by atoms with Gasteiger partial charge in [-0.05, 0) is 39.8 Å². The van der Waals surface area contributed by atoms with Gasteiger partial charge in [-0.25, -0.2) is 4.98 Å². The molecule has 4 nitrogen and oxygen atoms in total. The molecule has 1 fully saturated rings. The summed E-state index contributed by atoms with van der Waals surface area (Å²) in [5, 5.41) is 6.12. The number of thiazole rings is 1. The van der Waals surface area contributed by atoms with Crippen LogP contribution < -0.4 is 10.2 Å². The topological polar surface area (TPSA) is 45.2 Å². The average Bonchev–Trinajstić information content (AvgIpc) is 2.78. The van der Waals surface area contributed by atoms with E-state index in [-0.39, 0.29) is 11.8 Å². The van der Waals surface area contributed by atoms with Gasteiger partial charge in [0.15, 0.2) is 5.13 Å². The summed E-state index contributed by atoms with van der Waals surface area (Å²) < 4.78 is 0. The van der Waals surface area contributed by atoms with Crippen molar-refractivity contribution in [3.05, 3.63) is 11.1 Å². The molecular formula is C12H19N3OS. The maximum absolute atomic E-state index is 12.4. The smallest absolute Gasteiger partial charge is 0.231 e. The third-order valence-corrected chi connectivity index (χ3v) is 4.09. The van der Waals surface area contributed by atoms with Crippen molar-refractivity contribution < 1.29 is 4.79 Å². The molecule has 0 atom stereocenters. The Morgan fingerprint density at radius 3 is 2.82 bits per heavy atom. The second kappa shape index (κ2) is 5.60. The van der Waals surface area contributed by atoms with Crippen LogP contribution in [-0.4, -0.2) is 30.5 Å². The van der Waals surface area contributed by atoms with Crippen LogP contribution in [0.5, 0.6) is 0 Å². The normalized spacial score (nSPS) is 17.1. The maximum atomic E-state index is 12.4. The zero-order valence-corrected chi connectivity index (χ0v) is 11.2. The minimum absolute atomic E-state index is 0.167. The molecule has 0 aliphatic carbocycles. The summed E-state index contributed by atoms with van der Waals surface area (Å²) in [7, 11) is 0. The highest BCUT2D eigenvalue weighted by atomic mass is 32.1. The van der Waals surface area contributed by atoms with Crippen molar-refractivity contribution in [2.75, 3.05) is 24.5 Å². The Kier molecular flexibility index (Phi) is 4.12. The Morgan fingerprint density at radius 1 is 1.59 bits per heavy atom. The van der Waals surface area contributed by atoms with Gasteiger partial charge >= 0.3 is 0 Å². The highest BCUT2D eigenvalue weighted by molar-refractivity contribution is 7.14. The number of aryl methyl sites for hydroxylation is 1. The number of anilines is 1. The van der Waals surface area contributed by atoms with Crippen molar-refractivity contribution in [1.29, 1.82) is 0 Å². The van der Waals surface area contributed by atoms with Crippen LogP contribution in [0.3, 0.4) is 0 Å². The van der Waals surface area contributed by atoms with E-state index < -0.39 is 0 Å². The summed E-state index contributed by atoms with van der Waals surface area (Å²) in [6.07, 6.45) is 1.89. The average molecular weight is 253 g/mol. The van der Waals surface area contributed by atoms with Gasteiger partial charge in [0, 0.05) is 17.8 Å². The number of nitrogens with one attached hydrogen (secondary N) is 1. The molecule has 1 aromatic heterocycles. The van der Waals surface area contributed by atoms with Crippen molar-refractivity contribution in [2.45, 2.75) is 26.7 Å². The van der Waals surface area contributed by atoms with Gasteiger partial charge < -0.3 is 5.32 Å². The third kappa shape index (κ3) is 2.84. The molecule has 17 heavy (non-hydrogen) atoms. The predicted molar refractivity (Wildman–Crippen MR) is 70.5 cm³/mol. The van der Waals surface area contributed by atoms with Crippen molar-refractivity contribution in [3.63, 3.8) is 0 Å². The van der Waals surface area contributed by atoms with Gasteiger partial charge in [0.1, 0.15) is 0 Å². The molecular weight excluding hydrogens is 234 g/mol. The van der Waals surface area contributed by atoms with Crippen molar-refractivity contribution in [2.24, 2.45) is 5.92 Å². The third-order valence-electron chi connectivity index (χ3n) is 3.11. The number of hydrogen-bond donors (Lipinski definition) is 1. The second-order valence-electron chi connectivity index (χ2n) is 4.38. The minimum atomic E-state index is 0.167. The van der Waals surface area contributed by atoms with Crippen LogP contribution in [0, 0.1) is 12.8 Å². The Hall–Kier alpha value is -0.940. The van der Waals surface area contributed by atoms with Gasteiger partial charge in [-0.15, -0.1) is 11.3 Å². The van der Waals surface area contributed by atoms with E-state index in [1.165, 1.54) is 0 Å². The molecule has 1 aliphatic rings. The van der Waals surface area contributed by atoms with E-state index in [2.05, 4.69) is 10.3 Å². The van der Waals surface area contributed by atoms with E-state index in [9.17, 15) is 4.79 Å². The molecule has 0 spiro atoms. The number of nitrogens with zero attached hydrogens (tertiary/aromatic N) is 2. The minimum Gasteiger partial charge on any atom is -0.317 e. The van der Waals surface area contributed by atoms with Crippen LogP contribution >= 0.6 is 11.3 Å². The van der Waals surface area contributed by atoms with E-state index in [1.54, 1.807) is 11.3 Å². The highest BCUT2D eigenvalue weighted by Crippen LogP contribution is 2.24. The van der Waals surface area contributed by atoms with Crippen molar-refractivity contribution in [1.82, 2.24) is 10.3 Å². The van der Waals surface area contributed by atoms with E-state index >= 15 is 0 Å². The summed E-state index contributed by atoms with van der Waals surface area (Å²) in [5.41, 5.74) is 0.988. The lowest BCUT2D eigenvalue weighted by Crippen LogP contribution is -2.41.